The number of benzene rings is 1. The molecule has 2 aromatic rings. The normalized spacial score (nSPS) is 18.1. The molecule has 0 saturated heterocycles. The van der Waals surface area contributed by atoms with Crippen LogP contribution in [-0.4, -0.2) is 20.1 Å². The monoisotopic (exact) mass is 337 g/mol. The van der Waals surface area contributed by atoms with Gasteiger partial charge in [-0.1, -0.05) is 23.8 Å². The molecule has 118 valence electrons. The summed E-state index contributed by atoms with van der Waals surface area (Å²) in [5.41, 5.74) is -0.0987. The number of thiophene rings is 1. The van der Waals surface area contributed by atoms with Gasteiger partial charge in [-0.2, -0.15) is 0 Å². The Morgan fingerprint density at radius 2 is 1.95 bits per heavy atom. The first-order valence-corrected chi connectivity index (χ1v) is 9.61. The average molecular weight is 337 g/mol. The molecule has 0 amide bonds. The number of aryl methyl sites for hydroxylation is 1. The average Bonchev–Trinajstić information content (AvgIpc) is 3.21. The molecule has 0 spiro atoms. The van der Waals surface area contributed by atoms with Gasteiger partial charge in [-0.15, -0.1) is 11.3 Å². The highest BCUT2D eigenvalue weighted by Gasteiger charge is 2.46. The topological polar surface area (TPSA) is 66.4 Å². The predicted octanol–water partition coefficient (Wildman–Crippen LogP) is 2.63. The van der Waals surface area contributed by atoms with Gasteiger partial charge in [0.05, 0.1) is 4.90 Å². The minimum Gasteiger partial charge on any atom is -0.383 e. The maximum absolute atomic E-state index is 12.4. The van der Waals surface area contributed by atoms with E-state index >= 15 is 0 Å². The predicted molar refractivity (Wildman–Crippen MR) is 87.3 cm³/mol. The Balaban J connectivity index is 1.79. The molecule has 0 aliphatic heterocycles. The Morgan fingerprint density at radius 1 is 1.27 bits per heavy atom. The molecule has 0 bridgehead atoms. The van der Waals surface area contributed by atoms with Crippen LogP contribution in [0.1, 0.15) is 23.3 Å². The van der Waals surface area contributed by atoms with Crippen LogP contribution in [0.5, 0.6) is 0 Å². The van der Waals surface area contributed by atoms with Crippen molar-refractivity contribution >= 4 is 21.4 Å². The number of rotatable bonds is 6. The summed E-state index contributed by atoms with van der Waals surface area (Å²) >= 11 is 1.46. The van der Waals surface area contributed by atoms with E-state index in [0.29, 0.717) is 0 Å². The lowest BCUT2D eigenvalue weighted by Crippen LogP contribution is -2.41. The second-order valence-electron chi connectivity index (χ2n) is 5.81. The van der Waals surface area contributed by atoms with Gasteiger partial charge in [-0.3, -0.25) is 0 Å². The van der Waals surface area contributed by atoms with Crippen molar-refractivity contribution in [1.82, 2.24) is 4.72 Å². The van der Waals surface area contributed by atoms with Gasteiger partial charge in [-0.05, 0) is 49.3 Å². The Morgan fingerprint density at radius 3 is 2.50 bits per heavy atom. The zero-order chi connectivity index (χ0) is 15.8. The number of nitrogens with one attached hydrogen (secondary N) is 1. The molecule has 4 nitrogen and oxygen atoms in total. The van der Waals surface area contributed by atoms with Crippen molar-refractivity contribution in [2.45, 2.75) is 30.3 Å². The van der Waals surface area contributed by atoms with Crippen LogP contribution in [0.25, 0.3) is 0 Å². The molecule has 22 heavy (non-hydrogen) atoms. The van der Waals surface area contributed by atoms with Crippen molar-refractivity contribution in [2.24, 2.45) is 5.92 Å². The summed E-state index contributed by atoms with van der Waals surface area (Å²) < 4.78 is 27.3. The summed E-state index contributed by atoms with van der Waals surface area (Å²) in [6, 6.07) is 10.4. The smallest absolute Gasteiger partial charge is 0.240 e. The Kier molecular flexibility index (Phi) is 4.11. The molecule has 1 atom stereocenters. The first kappa shape index (κ1) is 15.7. The standard InChI is InChI=1S/C16H19NO3S2/c1-12-4-8-14(9-5-12)22(19,20)17-11-16(18,13-6-7-13)15-3-2-10-21-15/h2-5,8-10,13,17-18H,6-7,11H2,1H3. The lowest BCUT2D eigenvalue weighted by atomic mass is 9.96. The molecule has 1 aromatic carbocycles. The van der Waals surface area contributed by atoms with Gasteiger partial charge in [0.15, 0.2) is 0 Å². The number of hydrogen-bond acceptors (Lipinski definition) is 4. The third-order valence-corrected chi connectivity index (χ3v) is 6.52. The van der Waals surface area contributed by atoms with E-state index in [4.69, 9.17) is 0 Å². The van der Waals surface area contributed by atoms with Gasteiger partial charge in [0.1, 0.15) is 5.60 Å². The summed E-state index contributed by atoms with van der Waals surface area (Å²) in [6.45, 7) is 1.92. The minimum absolute atomic E-state index is 0.00832. The fraction of sp³-hybridized carbons (Fsp3) is 0.375. The van der Waals surface area contributed by atoms with Crippen molar-refractivity contribution in [3.05, 3.63) is 52.2 Å². The lowest BCUT2D eigenvalue weighted by Gasteiger charge is -2.27. The van der Waals surface area contributed by atoms with Crippen molar-refractivity contribution in [3.8, 4) is 0 Å². The Bertz CT molecular complexity index is 734. The summed E-state index contributed by atoms with van der Waals surface area (Å²) in [5.74, 6) is 0.131. The second-order valence-corrected chi connectivity index (χ2v) is 8.53. The van der Waals surface area contributed by atoms with E-state index in [1.807, 2.05) is 24.4 Å². The molecule has 1 aliphatic carbocycles. The van der Waals surface area contributed by atoms with Gasteiger partial charge in [0.2, 0.25) is 10.0 Å². The largest absolute Gasteiger partial charge is 0.383 e. The van der Waals surface area contributed by atoms with Crippen LogP contribution in [0.3, 0.4) is 0 Å². The molecule has 1 fully saturated rings. The molecule has 0 radical (unpaired) electrons. The maximum Gasteiger partial charge on any atom is 0.240 e. The lowest BCUT2D eigenvalue weighted by molar-refractivity contribution is 0.0222. The Labute approximate surface area is 134 Å². The fourth-order valence-electron chi connectivity index (χ4n) is 2.52. The van der Waals surface area contributed by atoms with Gasteiger partial charge >= 0.3 is 0 Å². The van der Waals surface area contributed by atoms with Gasteiger partial charge in [0.25, 0.3) is 0 Å². The first-order chi connectivity index (χ1) is 10.4. The van der Waals surface area contributed by atoms with Crippen LogP contribution >= 0.6 is 11.3 Å². The molecule has 6 heteroatoms. The third kappa shape index (κ3) is 3.10. The second kappa shape index (κ2) is 5.77. The van der Waals surface area contributed by atoms with E-state index in [9.17, 15) is 13.5 Å². The van der Waals surface area contributed by atoms with E-state index in [2.05, 4.69) is 4.72 Å². The van der Waals surface area contributed by atoms with Crippen LogP contribution in [0.4, 0.5) is 0 Å². The van der Waals surface area contributed by atoms with Gasteiger partial charge < -0.3 is 5.11 Å². The van der Waals surface area contributed by atoms with Crippen molar-refractivity contribution in [2.75, 3.05) is 6.54 Å². The molecule has 1 aliphatic rings. The highest BCUT2D eigenvalue weighted by Crippen LogP contribution is 2.46. The molecule has 1 aromatic heterocycles. The van der Waals surface area contributed by atoms with E-state index in [-0.39, 0.29) is 17.4 Å². The van der Waals surface area contributed by atoms with E-state index in [1.54, 1.807) is 24.3 Å². The van der Waals surface area contributed by atoms with Crippen LogP contribution in [0.15, 0.2) is 46.7 Å². The zero-order valence-corrected chi connectivity index (χ0v) is 14.0. The van der Waals surface area contributed by atoms with Crippen molar-refractivity contribution in [3.63, 3.8) is 0 Å². The number of sulfonamides is 1. The minimum atomic E-state index is -3.61. The first-order valence-electron chi connectivity index (χ1n) is 7.24. The van der Waals surface area contributed by atoms with Crippen molar-refractivity contribution in [1.29, 1.82) is 0 Å². The maximum atomic E-state index is 12.4. The van der Waals surface area contributed by atoms with Crippen LogP contribution in [-0.2, 0) is 15.6 Å². The number of hydrogen-bond donors (Lipinski definition) is 2. The molecular formula is C16H19NO3S2. The molecule has 1 heterocycles. The molecule has 1 saturated carbocycles. The zero-order valence-electron chi connectivity index (χ0n) is 12.3. The summed E-state index contributed by atoms with van der Waals surface area (Å²) in [7, 11) is -3.61. The highest BCUT2D eigenvalue weighted by atomic mass is 32.2. The van der Waals surface area contributed by atoms with E-state index in [0.717, 1.165) is 23.3 Å². The van der Waals surface area contributed by atoms with Gasteiger partial charge in [0, 0.05) is 11.4 Å². The fourth-order valence-corrected chi connectivity index (χ4v) is 4.50. The SMILES string of the molecule is Cc1ccc(S(=O)(=O)NCC(O)(c2cccs2)C2CC2)cc1. The summed E-state index contributed by atoms with van der Waals surface area (Å²) in [5, 5.41) is 12.8. The third-order valence-electron chi connectivity index (χ3n) is 4.06. The molecule has 1 unspecified atom stereocenters. The highest BCUT2D eigenvalue weighted by molar-refractivity contribution is 7.89. The Hall–Kier alpha value is -1.21. The molecular weight excluding hydrogens is 318 g/mol. The van der Waals surface area contributed by atoms with Crippen molar-refractivity contribution < 1.29 is 13.5 Å². The molecule has 3 rings (SSSR count). The van der Waals surface area contributed by atoms with Crippen LogP contribution in [0, 0.1) is 12.8 Å². The van der Waals surface area contributed by atoms with E-state index in [1.165, 1.54) is 11.3 Å². The van der Waals surface area contributed by atoms with Gasteiger partial charge in [-0.25, -0.2) is 13.1 Å². The number of aliphatic hydroxyl groups is 1. The summed E-state index contributed by atoms with van der Waals surface area (Å²) in [4.78, 5) is 1.05. The van der Waals surface area contributed by atoms with E-state index < -0.39 is 15.6 Å². The summed E-state index contributed by atoms with van der Waals surface area (Å²) in [6.07, 6.45) is 1.86. The van der Waals surface area contributed by atoms with Crippen LogP contribution < -0.4 is 4.72 Å². The quantitative estimate of drug-likeness (QED) is 0.851. The molecule has 2 N–H and O–H groups in total. The van der Waals surface area contributed by atoms with Crippen LogP contribution in [0.2, 0.25) is 0 Å².